The van der Waals surface area contributed by atoms with Crippen LogP contribution in [0.3, 0.4) is 0 Å². The van der Waals surface area contributed by atoms with Crippen molar-refractivity contribution in [2.24, 2.45) is 0 Å². The van der Waals surface area contributed by atoms with E-state index in [-0.39, 0.29) is 12.3 Å². The Morgan fingerprint density at radius 1 is 0.729 bits per heavy atom. The number of carbonyl (C=O) groups excluding carboxylic acids is 2. The van der Waals surface area contributed by atoms with Crippen molar-refractivity contribution in [3.05, 3.63) is 161 Å². The standard InChI is InChI=1S/C41H35ClN2O4/c1-47-40(45)26-34(24-28-14-16-29(17-15-28)30-18-21-36(22-19-30)48-35-11-3-2-4-12-35)44-41(46)38-25-33(20-23-39(38)42)43-27-32-10-7-9-31-8-5-6-13-37(31)32/h2-23,25,34,43H,24,26-27H2,1H3,(H,44,46)/t34-/m0/s1. The molecule has 0 heterocycles. The largest absolute Gasteiger partial charge is 0.469 e. The molecule has 6 aromatic rings. The molecule has 2 N–H and O–H groups in total. The lowest BCUT2D eigenvalue weighted by atomic mass is 9.99. The first-order chi connectivity index (χ1) is 23.4. The average Bonchev–Trinajstić information content (AvgIpc) is 3.12. The minimum Gasteiger partial charge on any atom is -0.469 e. The number of nitrogens with one attached hydrogen (secondary N) is 2. The molecule has 0 saturated heterocycles. The molecule has 0 unspecified atom stereocenters. The van der Waals surface area contributed by atoms with E-state index in [1.807, 2.05) is 103 Å². The Balaban J connectivity index is 1.12. The quantitative estimate of drug-likeness (QED) is 0.129. The topological polar surface area (TPSA) is 76.7 Å². The van der Waals surface area contributed by atoms with Crippen LogP contribution in [0.1, 0.15) is 27.9 Å². The summed E-state index contributed by atoms with van der Waals surface area (Å²) in [7, 11) is 1.34. The summed E-state index contributed by atoms with van der Waals surface area (Å²) in [5.41, 5.74) is 5.28. The number of halogens is 1. The summed E-state index contributed by atoms with van der Waals surface area (Å²) < 4.78 is 10.9. The second-order valence-corrected chi connectivity index (χ2v) is 11.9. The zero-order valence-corrected chi connectivity index (χ0v) is 27.2. The minimum atomic E-state index is -0.506. The lowest BCUT2D eigenvalue weighted by molar-refractivity contribution is -0.141. The van der Waals surface area contributed by atoms with Gasteiger partial charge < -0.3 is 20.1 Å². The maximum absolute atomic E-state index is 13.5. The van der Waals surface area contributed by atoms with Gasteiger partial charge in [0, 0.05) is 18.3 Å². The number of carbonyl (C=O) groups is 2. The highest BCUT2D eigenvalue weighted by molar-refractivity contribution is 6.34. The molecule has 6 nitrogen and oxygen atoms in total. The van der Waals surface area contributed by atoms with Crippen LogP contribution in [0.25, 0.3) is 21.9 Å². The Kier molecular flexibility index (Phi) is 10.3. The number of hydrogen-bond acceptors (Lipinski definition) is 5. The van der Waals surface area contributed by atoms with Gasteiger partial charge >= 0.3 is 5.97 Å². The Morgan fingerprint density at radius 2 is 1.40 bits per heavy atom. The van der Waals surface area contributed by atoms with Crippen LogP contribution < -0.4 is 15.4 Å². The number of para-hydroxylation sites is 1. The molecule has 0 radical (unpaired) electrons. The molecule has 0 aromatic heterocycles. The van der Waals surface area contributed by atoms with E-state index in [2.05, 4.69) is 34.9 Å². The zero-order chi connectivity index (χ0) is 33.3. The van der Waals surface area contributed by atoms with E-state index in [0.717, 1.165) is 39.4 Å². The molecule has 0 saturated carbocycles. The number of esters is 1. The summed E-state index contributed by atoms with van der Waals surface area (Å²) in [6.07, 6.45) is 0.450. The van der Waals surface area contributed by atoms with E-state index in [1.54, 1.807) is 12.1 Å². The van der Waals surface area contributed by atoms with Crippen LogP contribution in [0.15, 0.2) is 140 Å². The predicted molar refractivity (Wildman–Crippen MR) is 193 cm³/mol. The monoisotopic (exact) mass is 654 g/mol. The minimum absolute atomic E-state index is 0.0174. The van der Waals surface area contributed by atoms with Crippen molar-refractivity contribution < 1.29 is 19.1 Å². The second-order valence-electron chi connectivity index (χ2n) is 11.5. The molecule has 6 rings (SSSR count). The number of fused-ring (bicyclic) bond motifs is 1. The van der Waals surface area contributed by atoms with Crippen LogP contribution in [-0.2, 0) is 22.5 Å². The number of rotatable bonds is 12. The van der Waals surface area contributed by atoms with Gasteiger partial charge in [-0.2, -0.15) is 0 Å². The van der Waals surface area contributed by atoms with Crippen molar-refractivity contribution in [3.8, 4) is 22.6 Å². The van der Waals surface area contributed by atoms with Gasteiger partial charge in [-0.25, -0.2) is 0 Å². The maximum atomic E-state index is 13.5. The number of amides is 1. The van der Waals surface area contributed by atoms with E-state index in [4.69, 9.17) is 21.1 Å². The van der Waals surface area contributed by atoms with Crippen LogP contribution >= 0.6 is 11.6 Å². The van der Waals surface area contributed by atoms with Gasteiger partial charge in [0.1, 0.15) is 11.5 Å². The predicted octanol–water partition coefficient (Wildman–Crippen LogP) is 9.47. The van der Waals surface area contributed by atoms with Crippen molar-refractivity contribution >= 4 is 39.9 Å². The van der Waals surface area contributed by atoms with Crippen LogP contribution in [0.5, 0.6) is 11.5 Å². The number of benzene rings is 6. The van der Waals surface area contributed by atoms with E-state index in [9.17, 15) is 9.59 Å². The maximum Gasteiger partial charge on any atom is 0.307 e. The molecular formula is C41H35ClN2O4. The number of ether oxygens (including phenoxy) is 2. The highest BCUT2D eigenvalue weighted by Gasteiger charge is 2.20. The molecule has 1 atom stereocenters. The highest BCUT2D eigenvalue weighted by atomic mass is 35.5. The Hall–Kier alpha value is -5.59. The fourth-order valence-corrected chi connectivity index (χ4v) is 5.84. The summed E-state index contributed by atoms with van der Waals surface area (Å²) in [5.74, 6) is 0.768. The Bertz CT molecular complexity index is 2010. The van der Waals surface area contributed by atoms with Gasteiger partial charge in [-0.05, 0) is 81.9 Å². The normalized spacial score (nSPS) is 11.5. The van der Waals surface area contributed by atoms with Crippen LogP contribution in [0, 0.1) is 0 Å². The molecule has 6 aromatic carbocycles. The third kappa shape index (κ3) is 8.21. The zero-order valence-electron chi connectivity index (χ0n) is 26.5. The van der Waals surface area contributed by atoms with Gasteiger partial charge in [-0.3, -0.25) is 9.59 Å². The molecule has 0 fully saturated rings. The molecule has 240 valence electrons. The summed E-state index contributed by atoms with van der Waals surface area (Å²) in [4.78, 5) is 25.9. The van der Waals surface area contributed by atoms with Crippen molar-refractivity contribution in [1.82, 2.24) is 5.32 Å². The number of hydrogen-bond donors (Lipinski definition) is 2. The molecule has 1 amide bonds. The molecule has 0 spiro atoms. The van der Waals surface area contributed by atoms with Crippen molar-refractivity contribution in [2.45, 2.75) is 25.4 Å². The van der Waals surface area contributed by atoms with Crippen molar-refractivity contribution in [3.63, 3.8) is 0 Å². The van der Waals surface area contributed by atoms with E-state index >= 15 is 0 Å². The van der Waals surface area contributed by atoms with Gasteiger partial charge in [0.25, 0.3) is 5.91 Å². The molecule has 0 aliphatic rings. The summed E-state index contributed by atoms with van der Waals surface area (Å²) in [6.45, 7) is 0.580. The second kappa shape index (κ2) is 15.3. The first-order valence-electron chi connectivity index (χ1n) is 15.8. The van der Waals surface area contributed by atoms with E-state index in [1.165, 1.54) is 17.9 Å². The molecule has 0 aliphatic carbocycles. The summed E-state index contributed by atoms with van der Waals surface area (Å²) in [5, 5.41) is 9.11. The molecular weight excluding hydrogens is 620 g/mol. The van der Waals surface area contributed by atoms with Crippen LogP contribution in [-0.4, -0.2) is 25.0 Å². The number of anilines is 1. The van der Waals surface area contributed by atoms with Crippen molar-refractivity contribution in [1.29, 1.82) is 0 Å². The SMILES string of the molecule is COC(=O)C[C@H](Cc1ccc(-c2ccc(Oc3ccccc3)cc2)cc1)NC(=O)c1cc(NCc2cccc3ccccc23)ccc1Cl. The van der Waals surface area contributed by atoms with Crippen LogP contribution in [0.2, 0.25) is 5.02 Å². The van der Waals surface area contributed by atoms with Gasteiger partial charge in [-0.1, -0.05) is 109 Å². The average molecular weight is 655 g/mol. The van der Waals surface area contributed by atoms with Gasteiger partial charge in [0.15, 0.2) is 0 Å². The first kappa shape index (κ1) is 32.4. The van der Waals surface area contributed by atoms with E-state index < -0.39 is 12.0 Å². The fraction of sp³-hybridized carbons (Fsp3) is 0.122. The highest BCUT2D eigenvalue weighted by Crippen LogP contribution is 2.27. The summed E-state index contributed by atoms with van der Waals surface area (Å²) >= 11 is 6.50. The Labute approximate surface area is 285 Å². The smallest absolute Gasteiger partial charge is 0.307 e. The molecule has 0 aliphatic heterocycles. The third-order valence-electron chi connectivity index (χ3n) is 8.15. The third-order valence-corrected chi connectivity index (χ3v) is 8.48. The molecule has 0 bridgehead atoms. The summed E-state index contributed by atoms with van der Waals surface area (Å²) in [6, 6.07) is 44.9. The first-order valence-corrected chi connectivity index (χ1v) is 16.1. The fourth-order valence-electron chi connectivity index (χ4n) is 5.63. The van der Waals surface area contributed by atoms with Gasteiger partial charge in [0.05, 0.1) is 24.1 Å². The van der Waals surface area contributed by atoms with Crippen molar-refractivity contribution in [2.75, 3.05) is 12.4 Å². The lowest BCUT2D eigenvalue weighted by Crippen LogP contribution is -2.38. The molecule has 7 heteroatoms. The lowest BCUT2D eigenvalue weighted by Gasteiger charge is -2.19. The van der Waals surface area contributed by atoms with Crippen LogP contribution in [0.4, 0.5) is 5.69 Å². The molecule has 48 heavy (non-hydrogen) atoms. The number of methoxy groups -OCH3 is 1. The van der Waals surface area contributed by atoms with Gasteiger partial charge in [0.2, 0.25) is 0 Å². The van der Waals surface area contributed by atoms with Gasteiger partial charge in [-0.15, -0.1) is 0 Å². The Morgan fingerprint density at radius 3 is 2.15 bits per heavy atom. The van der Waals surface area contributed by atoms with E-state index in [0.29, 0.717) is 23.6 Å².